The molecule has 0 saturated carbocycles. The van der Waals surface area contributed by atoms with Gasteiger partial charge >= 0.3 is 0 Å². The summed E-state index contributed by atoms with van der Waals surface area (Å²) in [6, 6.07) is 4.57. The second-order valence-corrected chi connectivity index (χ2v) is 2.58. The quantitative estimate of drug-likeness (QED) is 0.783. The van der Waals surface area contributed by atoms with Crippen molar-refractivity contribution in [2.45, 2.75) is 0 Å². The Balaban J connectivity index is 2.16. The molecule has 0 saturated heterocycles. The predicted octanol–water partition coefficient (Wildman–Crippen LogP) is 1.75. The van der Waals surface area contributed by atoms with Gasteiger partial charge in [0.05, 0.1) is 6.20 Å². The summed E-state index contributed by atoms with van der Waals surface area (Å²) in [5, 5.41) is 2.90. The van der Waals surface area contributed by atoms with Crippen LogP contribution in [0.4, 0.5) is 16.0 Å². The van der Waals surface area contributed by atoms with Crippen LogP contribution in [-0.4, -0.2) is 15.0 Å². The summed E-state index contributed by atoms with van der Waals surface area (Å²) in [5.41, 5.74) is 0. The first-order valence-electron chi connectivity index (χ1n) is 3.99. The van der Waals surface area contributed by atoms with Gasteiger partial charge in [-0.2, -0.15) is 0 Å². The normalized spacial score (nSPS) is 9.79. The smallest absolute Gasteiger partial charge is 0.141 e. The van der Waals surface area contributed by atoms with E-state index in [1.165, 1.54) is 18.5 Å². The number of hydrogen-bond acceptors (Lipinski definition) is 4. The van der Waals surface area contributed by atoms with Crippen molar-refractivity contribution in [3.05, 3.63) is 42.7 Å². The first-order chi connectivity index (χ1) is 6.84. The van der Waals surface area contributed by atoms with Crippen LogP contribution >= 0.6 is 0 Å². The summed E-state index contributed by atoms with van der Waals surface area (Å²) in [5.74, 6) is 0.808. The van der Waals surface area contributed by atoms with Gasteiger partial charge in [-0.25, -0.2) is 19.3 Å². The molecule has 0 unspecified atom stereocenters. The number of aromatic nitrogens is 3. The van der Waals surface area contributed by atoms with Gasteiger partial charge in [0.2, 0.25) is 0 Å². The number of pyridine rings is 1. The lowest BCUT2D eigenvalue weighted by atomic mass is 10.4. The van der Waals surface area contributed by atoms with Gasteiger partial charge in [0, 0.05) is 6.20 Å². The molecule has 0 aliphatic heterocycles. The maximum absolute atomic E-state index is 12.5. The lowest BCUT2D eigenvalue weighted by Gasteiger charge is -2.02. The molecule has 2 aromatic heterocycles. The Morgan fingerprint density at radius 2 is 1.93 bits per heavy atom. The molecular formula is C9H7FN4. The molecule has 70 valence electrons. The first kappa shape index (κ1) is 8.55. The van der Waals surface area contributed by atoms with Crippen LogP contribution in [0.2, 0.25) is 0 Å². The highest BCUT2D eigenvalue weighted by atomic mass is 19.1. The fraction of sp³-hybridized carbons (Fsp3) is 0. The lowest BCUT2D eigenvalue weighted by Crippen LogP contribution is -1.95. The summed E-state index contributed by atoms with van der Waals surface area (Å²) in [7, 11) is 0. The van der Waals surface area contributed by atoms with E-state index in [0.29, 0.717) is 11.6 Å². The summed E-state index contributed by atoms with van der Waals surface area (Å²) in [6.45, 7) is 0. The molecule has 0 atom stereocenters. The first-order valence-corrected chi connectivity index (χ1v) is 3.99. The van der Waals surface area contributed by atoms with Crippen LogP contribution in [0, 0.1) is 5.82 Å². The molecule has 0 radical (unpaired) electrons. The highest BCUT2D eigenvalue weighted by molar-refractivity contribution is 5.49. The standard InChI is InChI=1S/C9H7FN4/c10-7-1-2-8(12-5-7)14-9-3-4-11-6-13-9/h1-6H,(H,11,12,13,14). The zero-order valence-electron chi connectivity index (χ0n) is 7.18. The van der Waals surface area contributed by atoms with Crippen molar-refractivity contribution in [1.29, 1.82) is 0 Å². The van der Waals surface area contributed by atoms with Crippen molar-refractivity contribution in [2.75, 3.05) is 5.32 Å². The molecule has 14 heavy (non-hydrogen) atoms. The van der Waals surface area contributed by atoms with E-state index >= 15 is 0 Å². The molecule has 0 fully saturated rings. The van der Waals surface area contributed by atoms with Crippen molar-refractivity contribution < 1.29 is 4.39 Å². The van der Waals surface area contributed by atoms with Crippen LogP contribution < -0.4 is 5.32 Å². The minimum absolute atomic E-state index is 0.363. The van der Waals surface area contributed by atoms with E-state index in [2.05, 4.69) is 20.3 Å². The van der Waals surface area contributed by atoms with Gasteiger partial charge in [0.1, 0.15) is 23.8 Å². The molecule has 4 nitrogen and oxygen atoms in total. The Kier molecular flexibility index (Phi) is 2.31. The zero-order valence-corrected chi connectivity index (χ0v) is 7.18. The van der Waals surface area contributed by atoms with Gasteiger partial charge in [0.15, 0.2) is 0 Å². The van der Waals surface area contributed by atoms with E-state index in [-0.39, 0.29) is 5.82 Å². The Morgan fingerprint density at radius 1 is 1.07 bits per heavy atom. The minimum atomic E-state index is -0.363. The van der Waals surface area contributed by atoms with Gasteiger partial charge < -0.3 is 5.32 Å². The van der Waals surface area contributed by atoms with Crippen molar-refractivity contribution in [3.63, 3.8) is 0 Å². The predicted molar refractivity (Wildman–Crippen MR) is 49.5 cm³/mol. The Morgan fingerprint density at radius 3 is 2.57 bits per heavy atom. The number of nitrogens with one attached hydrogen (secondary N) is 1. The number of anilines is 2. The second-order valence-electron chi connectivity index (χ2n) is 2.58. The van der Waals surface area contributed by atoms with Crippen LogP contribution in [0.1, 0.15) is 0 Å². The zero-order chi connectivity index (χ0) is 9.80. The molecule has 0 aliphatic carbocycles. The Hall–Kier alpha value is -2.04. The molecule has 0 aromatic carbocycles. The maximum Gasteiger partial charge on any atom is 0.141 e. The largest absolute Gasteiger partial charge is 0.325 e. The molecule has 0 spiro atoms. The van der Waals surface area contributed by atoms with E-state index < -0.39 is 0 Å². The fourth-order valence-electron chi connectivity index (χ4n) is 0.946. The lowest BCUT2D eigenvalue weighted by molar-refractivity contribution is 0.622. The van der Waals surface area contributed by atoms with Gasteiger partial charge in [-0.15, -0.1) is 0 Å². The topological polar surface area (TPSA) is 50.7 Å². The van der Waals surface area contributed by atoms with Gasteiger partial charge in [-0.1, -0.05) is 0 Å². The third kappa shape index (κ3) is 2.01. The van der Waals surface area contributed by atoms with E-state index in [1.54, 1.807) is 12.3 Å². The van der Waals surface area contributed by atoms with Crippen LogP contribution in [0.25, 0.3) is 0 Å². The highest BCUT2D eigenvalue weighted by Crippen LogP contribution is 2.09. The van der Waals surface area contributed by atoms with Gasteiger partial charge in [-0.05, 0) is 18.2 Å². The molecule has 0 bridgehead atoms. The van der Waals surface area contributed by atoms with Crippen LogP contribution in [0.3, 0.4) is 0 Å². The summed E-state index contributed by atoms with van der Waals surface area (Å²) in [6.07, 6.45) is 4.17. The van der Waals surface area contributed by atoms with E-state index in [9.17, 15) is 4.39 Å². The van der Waals surface area contributed by atoms with E-state index in [1.807, 2.05) is 0 Å². The van der Waals surface area contributed by atoms with Gasteiger partial charge in [0.25, 0.3) is 0 Å². The minimum Gasteiger partial charge on any atom is -0.325 e. The highest BCUT2D eigenvalue weighted by Gasteiger charge is 1.96. The van der Waals surface area contributed by atoms with Crippen molar-refractivity contribution >= 4 is 11.6 Å². The summed E-state index contributed by atoms with van der Waals surface area (Å²) in [4.78, 5) is 11.5. The average Bonchev–Trinajstić information content (AvgIpc) is 2.23. The third-order valence-electron chi connectivity index (χ3n) is 1.57. The Labute approximate surface area is 79.9 Å². The van der Waals surface area contributed by atoms with Crippen molar-refractivity contribution in [1.82, 2.24) is 15.0 Å². The average molecular weight is 190 g/mol. The number of hydrogen-bond donors (Lipinski definition) is 1. The summed E-state index contributed by atoms with van der Waals surface area (Å²) < 4.78 is 12.5. The molecule has 2 heterocycles. The summed E-state index contributed by atoms with van der Waals surface area (Å²) >= 11 is 0. The second kappa shape index (κ2) is 3.78. The Bertz CT molecular complexity index is 401. The molecular weight excluding hydrogens is 183 g/mol. The fourth-order valence-corrected chi connectivity index (χ4v) is 0.946. The molecule has 1 N–H and O–H groups in total. The molecule has 2 aromatic rings. The molecule has 5 heteroatoms. The van der Waals surface area contributed by atoms with E-state index in [0.717, 1.165) is 6.20 Å². The molecule has 0 amide bonds. The molecule has 2 rings (SSSR count). The van der Waals surface area contributed by atoms with Crippen molar-refractivity contribution in [3.8, 4) is 0 Å². The third-order valence-corrected chi connectivity index (χ3v) is 1.57. The number of rotatable bonds is 2. The van der Waals surface area contributed by atoms with Crippen LogP contribution in [0.5, 0.6) is 0 Å². The monoisotopic (exact) mass is 190 g/mol. The SMILES string of the molecule is Fc1ccc(Nc2ccncn2)nc1. The van der Waals surface area contributed by atoms with Crippen LogP contribution in [0.15, 0.2) is 36.9 Å². The van der Waals surface area contributed by atoms with E-state index in [4.69, 9.17) is 0 Å². The van der Waals surface area contributed by atoms with Crippen LogP contribution in [-0.2, 0) is 0 Å². The van der Waals surface area contributed by atoms with Crippen molar-refractivity contribution in [2.24, 2.45) is 0 Å². The van der Waals surface area contributed by atoms with Gasteiger partial charge in [-0.3, -0.25) is 0 Å². The molecule has 0 aliphatic rings. The number of halogens is 1. The number of nitrogens with zero attached hydrogens (tertiary/aromatic N) is 3. The maximum atomic E-state index is 12.5.